The minimum atomic E-state index is -2.89. The van der Waals surface area contributed by atoms with Crippen molar-refractivity contribution in [3.63, 3.8) is 0 Å². The summed E-state index contributed by atoms with van der Waals surface area (Å²) in [6, 6.07) is 0. The highest BCUT2D eigenvalue weighted by molar-refractivity contribution is 7.91. The summed E-state index contributed by atoms with van der Waals surface area (Å²) >= 11 is 0. The molecule has 0 radical (unpaired) electrons. The second kappa shape index (κ2) is 5.31. The molecule has 1 atom stereocenters. The van der Waals surface area contributed by atoms with Gasteiger partial charge in [-0.15, -0.1) is 0 Å². The molecule has 3 rings (SSSR count). The van der Waals surface area contributed by atoms with Crippen molar-refractivity contribution in [3.8, 4) is 0 Å². The second-order valence-electron chi connectivity index (χ2n) is 5.77. The highest BCUT2D eigenvalue weighted by Crippen LogP contribution is 2.31. The lowest BCUT2D eigenvalue weighted by Gasteiger charge is -2.15. The molecule has 110 valence electrons. The van der Waals surface area contributed by atoms with Gasteiger partial charge in [-0.3, -0.25) is 0 Å². The fourth-order valence-corrected chi connectivity index (χ4v) is 4.92. The Kier molecular flexibility index (Phi) is 3.67. The van der Waals surface area contributed by atoms with Crippen molar-refractivity contribution in [1.29, 1.82) is 0 Å². The molecular weight excluding hydrogens is 274 g/mol. The molecule has 1 unspecified atom stereocenters. The lowest BCUT2D eigenvalue weighted by molar-refractivity contribution is 0.601. The van der Waals surface area contributed by atoms with Gasteiger partial charge in [0.1, 0.15) is 11.6 Å². The van der Waals surface area contributed by atoms with E-state index in [9.17, 15) is 8.42 Å². The molecule has 2 heterocycles. The monoisotopic (exact) mass is 295 g/mol. The van der Waals surface area contributed by atoms with E-state index in [-0.39, 0.29) is 17.4 Å². The molecule has 5 nitrogen and oxygen atoms in total. The normalized spacial score (nSPS) is 24.9. The van der Waals surface area contributed by atoms with Gasteiger partial charge in [-0.05, 0) is 32.1 Å². The van der Waals surface area contributed by atoms with Gasteiger partial charge < -0.3 is 5.32 Å². The number of aryl methyl sites for hydroxylation is 1. The first-order chi connectivity index (χ1) is 9.59. The van der Waals surface area contributed by atoms with Crippen molar-refractivity contribution in [3.05, 3.63) is 17.1 Å². The number of rotatable bonds is 2. The van der Waals surface area contributed by atoms with Crippen LogP contribution in [0.25, 0.3) is 0 Å². The van der Waals surface area contributed by atoms with Crippen molar-refractivity contribution < 1.29 is 8.42 Å². The van der Waals surface area contributed by atoms with Gasteiger partial charge in [0.25, 0.3) is 0 Å². The third kappa shape index (κ3) is 2.66. The highest BCUT2D eigenvalue weighted by Gasteiger charge is 2.32. The van der Waals surface area contributed by atoms with Crippen molar-refractivity contribution in [2.45, 2.75) is 44.4 Å². The van der Waals surface area contributed by atoms with Crippen LogP contribution in [0.3, 0.4) is 0 Å². The fourth-order valence-electron chi connectivity index (χ4n) is 3.18. The van der Waals surface area contributed by atoms with Crippen LogP contribution < -0.4 is 5.32 Å². The molecule has 0 saturated carbocycles. The first-order valence-corrected chi connectivity index (χ1v) is 9.19. The smallest absolute Gasteiger partial charge is 0.151 e. The SMILES string of the molecule is CNc1nc(C2CCS(=O)(=O)C2)nc2c1CCCCC2. The van der Waals surface area contributed by atoms with Gasteiger partial charge in [0.2, 0.25) is 0 Å². The van der Waals surface area contributed by atoms with Gasteiger partial charge >= 0.3 is 0 Å². The van der Waals surface area contributed by atoms with Crippen LogP contribution in [-0.2, 0) is 22.7 Å². The van der Waals surface area contributed by atoms with Crippen molar-refractivity contribution in [1.82, 2.24) is 9.97 Å². The van der Waals surface area contributed by atoms with E-state index in [0.717, 1.165) is 36.6 Å². The molecule has 0 amide bonds. The Bertz CT molecular complexity index is 613. The van der Waals surface area contributed by atoms with Crippen molar-refractivity contribution in [2.24, 2.45) is 0 Å². The molecule has 0 spiro atoms. The van der Waals surface area contributed by atoms with E-state index in [2.05, 4.69) is 10.3 Å². The Morgan fingerprint density at radius 2 is 1.95 bits per heavy atom. The minimum Gasteiger partial charge on any atom is -0.373 e. The quantitative estimate of drug-likeness (QED) is 0.841. The molecular formula is C14H21N3O2S. The maximum Gasteiger partial charge on any atom is 0.151 e. The molecule has 0 bridgehead atoms. The van der Waals surface area contributed by atoms with Gasteiger partial charge in [-0.25, -0.2) is 18.4 Å². The Balaban J connectivity index is 1.99. The summed E-state index contributed by atoms with van der Waals surface area (Å²) in [6.07, 6.45) is 6.24. The lowest BCUT2D eigenvalue weighted by Crippen LogP contribution is -2.13. The lowest BCUT2D eigenvalue weighted by atomic mass is 10.1. The second-order valence-corrected chi connectivity index (χ2v) is 8.00. The molecule has 6 heteroatoms. The largest absolute Gasteiger partial charge is 0.373 e. The number of anilines is 1. The summed E-state index contributed by atoms with van der Waals surface area (Å²) in [6.45, 7) is 0. The van der Waals surface area contributed by atoms with Gasteiger partial charge in [0.15, 0.2) is 9.84 Å². The molecule has 1 aliphatic carbocycles. The first-order valence-electron chi connectivity index (χ1n) is 7.37. The van der Waals surface area contributed by atoms with Crippen LogP contribution >= 0.6 is 0 Å². The molecule has 1 fully saturated rings. The van der Waals surface area contributed by atoms with E-state index in [0.29, 0.717) is 6.42 Å². The topological polar surface area (TPSA) is 72.0 Å². The van der Waals surface area contributed by atoms with Gasteiger partial charge in [-0.2, -0.15) is 0 Å². The van der Waals surface area contributed by atoms with E-state index in [1.54, 1.807) is 0 Å². The summed E-state index contributed by atoms with van der Waals surface area (Å²) in [7, 11) is -1.01. The molecule has 1 aromatic heterocycles. The van der Waals surface area contributed by atoms with E-state index >= 15 is 0 Å². The van der Waals surface area contributed by atoms with Crippen LogP contribution in [0.4, 0.5) is 5.82 Å². The third-order valence-corrected chi connectivity index (χ3v) is 6.05. The molecule has 1 aromatic rings. The number of hydrogen-bond donors (Lipinski definition) is 1. The first kappa shape index (κ1) is 13.8. The molecule has 0 aromatic carbocycles. The summed E-state index contributed by atoms with van der Waals surface area (Å²) in [5.41, 5.74) is 2.36. The zero-order valence-electron chi connectivity index (χ0n) is 11.9. The maximum absolute atomic E-state index is 11.6. The zero-order valence-corrected chi connectivity index (χ0v) is 12.7. The number of aromatic nitrogens is 2. The van der Waals surface area contributed by atoms with E-state index < -0.39 is 9.84 Å². The molecule has 20 heavy (non-hydrogen) atoms. The van der Waals surface area contributed by atoms with Crippen LogP contribution in [0.15, 0.2) is 0 Å². The van der Waals surface area contributed by atoms with Gasteiger partial charge in [0.05, 0.1) is 11.5 Å². The van der Waals surface area contributed by atoms with Crippen LogP contribution in [0.1, 0.15) is 48.7 Å². The number of nitrogens with one attached hydrogen (secondary N) is 1. The van der Waals surface area contributed by atoms with Crippen LogP contribution in [0.5, 0.6) is 0 Å². The van der Waals surface area contributed by atoms with Crippen LogP contribution in [-0.4, -0.2) is 36.9 Å². The highest BCUT2D eigenvalue weighted by atomic mass is 32.2. The number of fused-ring (bicyclic) bond motifs is 1. The van der Waals surface area contributed by atoms with E-state index in [1.165, 1.54) is 18.4 Å². The van der Waals surface area contributed by atoms with Crippen LogP contribution in [0, 0.1) is 0 Å². The Hall–Kier alpha value is -1.17. The predicted molar refractivity (Wildman–Crippen MR) is 78.8 cm³/mol. The van der Waals surface area contributed by atoms with Crippen molar-refractivity contribution >= 4 is 15.7 Å². The summed E-state index contributed by atoms with van der Waals surface area (Å²) in [5.74, 6) is 2.06. The van der Waals surface area contributed by atoms with Crippen molar-refractivity contribution in [2.75, 3.05) is 23.9 Å². The standard InChI is InChI=1S/C14H21N3O2S/c1-15-14-11-5-3-2-4-6-12(11)16-13(17-14)10-7-8-20(18,19)9-10/h10H,2-9H2,1H3,(H,15,16,17). The van der Waals surface area contributed by atoms with Crippen LogP contribution in [0.2, 0.25) is 0 Å². The van der Waals surface area contributed by atoms with E-state index in [4.69, 9.17) is 4.98 Å². The number of nitrogens with zero attached hydrogens (tertiary/aromatic N) is 2. The third-order valence-electron chi connectivity index (χ3n) is 4.28. The average Bonchev–Trinajstić information content (AvgIpc) is 2.64. The predicted octanol–water partition coefficient (Wildman–Crippen LogP) is 1.69. The number of sulfone groups is 1. The molecule has 2 aliphatic rings. The molecule has 1 aliphatic heterocycles. The Labute approximate surface area is 120 Å². The fraction of sp³-hybridized carbons (Fsp3) is 0.714. The average molecular weight is 295 g/mol. The molecule has 1 N–H and O–H groups in total. The van der Waals surface area contributed by atoms with E-state index in [1.807, 2.05) is 7.05 Å². The summed E-state index contributed by atoms with van der Waals surface area (Å²) in [5, 5.41) is 3.17. The molecule has 1 saturated heterocycles. The zero-order chi connectivity index (χ0) is 14.2. The van der Waals surface area contributed by atoms with Gasteiger partial charge in [0, 0.05) is 24.2 Å². The Morgan fingerprint density at radius 3 is 2.65 bits per heavy atom. The van der Waals surface area contributed by atoms with Gasteiger partial charge in [-0.1, -0.05) is 6.42 Å². The Morgan fingerprint density at radius 1 is 1.15 bits per heavy atom. The summed E-state index contributed by atoms with van der Waals surface area (Å²) in [4.78, 5) is 9.32. The minimum absolute atomic E-state index is 0.0272. The summed E-state index contributed by atoms with van der Waals surface area (Å²) < 4.78 is 23.3. The number of hydrogen-bond acceptors (Lipinski definition) is 5. The maximum atomic E-state index is 11.6.